The highest BCUT2D eigenvalue weighted by atomic mass is 32.2. The highest BCUT2D eigenvalue weighted by Gasteiger charge is 2.13. The molecule has 1 atom stereocenters. The molecule has 36 heavy (non-hydrogen) atoms. The van der Waals surface area contributed by atoms with Gasteiger partial charge in [0, 0.05) is 37.1 Å². The van der Waals surface area contributed by atoms with Gasteiger partial charge in [0.25, 0.3) is 5.91 Å². The maximum Gasteiger partial charge on any atom is 0.270 e. The number of ether oxygens (including phenoxy) is 1. The number of nitrogens with zero attached hydrogens (tertiary/aromatic N) is 3. The number of hydrazine groups is 1. The van der Waals surface area contributed by atoms with E-state index >= 15 is 0 Å². The Bertz CT molecular complexity index is 1080. The van der Waals surface area contributed by atoms with E-state index in [0.29, 0.717) is 22.9 Å². The average molecular weight is 522 g/mol. The number of nitrogens with one attached hydrogen (secondary N) is 2. The zero-order chi connectivity index (χ0) is 26.7. The molecule has 10 nitrogen and oxygen atoms in total. The average Bonchev–Trinajstić information content (AvgIpc) is 2.83. The van der Waals surface area contributed by atoms with Crippen LogP contribution in [0, 0.1) is 12.7 Å². The molecular formula is C24H36FN7O3S. The van der Waals surface area contributed by atoms with Gasteiger partial charge in [0.15, 0.2) is 17.4 Å². The number of hydrogen-bond donors (Lipinski definition) is 4. The van der Waals surface area contributed by atoms with E-state index in [9.17, 15) is 13.4 Å². The number of aryl methyl sites for hydroxylation is 1. The van der Waals surface area contributed by atoms with E-state index in [4.69, 9.17) is 16.3 Å². The van der Waals surface area contributed by atoms with Crippen LogP contribution in [0.2, 0.25) is 0 Å². The number of hydrazone groups is 1. The van der Waals surface area contributed by atoms with Crippen molar-refractivity contribution in [2.24, 2.45) is 16.7 Å². The minimum absolute atomic E-state index is 0.114. The van der Waals surface area contributed by atoms with Gasteiger partial charge >= 0.3 is 0 Å². The van der Waals surface area contributed by atoms with Crippen molar-refractivity contribution in [3.8, 4) is 5.75 Å². The molecule has 198 valence electrons. The molecule has 2 aromatic rings. The molecular weight excluding hydrogens is 485 g/mol. The maximum absolute atomic E-state index is 13.4. The topological polar surface area (TPSA) is 148 Å². The van der Waals surface area contributed by atoms with Gasteiger partial charge in [-0.15, -0.1) is 5.10 Å². The molecule has 1 heterocycles. The molecule has 0 aliphatic heterocycles. The highest BCUT2D eigenvalue weighted by molar-refractivity contribution is 7.82. The van der Waals surface area contributed by atoms with Gasteiger partial charge in [-0.3, -0.25) is 4.79 Å². The summed E-state index contributed by atoms with van der Waals surface area (Å²) in [5, 5.41) is 7.71. The Morgan fingerprint density at radius 1 is 1.28 bits per heavy atom. The fraction of sp³-hybridized carbons (Fsp3) is 0.458. The number of amidine groups is 1. The lowest BCUT2D eigenvalue weighted by molar-refractivity contribution is 0.0945. The molecule has 1 fully saturated rings. The molecule has 3 rings (SSSR count). The molecule has 1 aromatic heterocycles. The SMILES string of the molecule is COc1cc(CNC(=O)c2cc(/C(N)=N/N(C)N)cc(C)n2)ccc1F.CS(=O)NC1CCCCC1. The summed E-state index contributed by atoms with van der Waals surface area (Å²) in [6, 6.07) is 8.12. The predicted octanol–water partition coefficient (Wildman–Crippen LogP) is 2.10. The molecule has 1 aromatic carbocycles. The van der Waals surface area contributed by atoms with Crippen LogP contribution >= 0.6 is 0 Å². The van der Waals surface area contributed by atoms with Crippen molar-refractivity contribution in [1.29, 1.82) is 0 Å². The third kappa shape index (κ3) is 9.88. The minimum Gasteiger partial charge on any atom is -0.494 e. The lowest BCUT2D eigenvalue weighted by Crippen LogP contribution is -2.31. The number of methoxy groups -OCH3 is 1. The smallest absolute Gasteiger partial charge is 0.270 e. The molecule has 1 aliphatic carbocycles. The van der Waals surface area contributed by atoms with Crippen LogP contribution in [0.15, 0.2) is 35.4 Å². The van der Waals surface area contributed by atoms with E-state index in [1.54, 1.807) is 25.3 Å². The number of rotatable bonds is 8. The Morgan fingerprint density at radius 2 is 1.97 bits per heavy atom. The summed E-state index contributed by atoms with van der Waals surface area (Å²) >= 11 is 0. The summed E-state index contributed by atoms with van der Waals surface area (Å²) in [5.41, 5.74) is 7.88. The third-order valence-corrected chi connectivity index (χ3v) is 6.02. The monoisotopic (exact) mass is 521 g/mol. The number of hydrogen-bond acceptors (Lipinski definition) is 7. The zero-order valence-electron chi connectivity index (χ0n) is 21.2. The van der Waals surface area contributed by atoms with Crippen molar-refractivity contribution in [3.63, 3.8) is 0 Å². The first-order valence-corrected chi connectivity index (χ1v) is 13.2. The molecule has 0 saturated heterocycles. The standard InChI is InChI=1S/C17H21FN6O2.C7H15NOS/c1-10-6-12(16(19)23-24(2)20)8-14(22-10)17(25)21-9-11-4-5-13(18)15(7-11)26-3;1-10(9)8-7-5-3-2-4-6-7/h4-8H,9,20H2,1-3H3,(H2,19,23)(H,21,25);7-8H,2-6H2,1H3. The van der Waals surface area contributed by atoms with E-state index in [0.717, 1.165) is 5.12 Å². The number of carbonyl (C=O) groups is 1. The summed E-state index contributed by atoms with van der Waals surface area (Å²) in [5.74, 6) is 4.86. The van der Waals surface area contributed by atoms with Gasteiger partial charge in [-0.1, -0.05) is 25.3 Å². The quantitative estimate of drug-likeness (QED) is 0.180. The van der Waals surface area contributed by atoms with Crippen molar-refractivity contribution in [3.05, 3.63) is 58.7 Å². The second-order valence-electron chi connectivity index (χ2n) is 8.50. The molecule has 0 spiro atoms. The van der Waals surface area contributed by atoms with Gasteiger partial charge in [-0.05, 0) is 49.6 Å². The van der Waals surface area contributed by atoms with Crippen molar-refractivity contribution in [1.82, 2.24) is 20.1 Å². The number of benzene rings is 1. The molecule has 1 aliphatic rings. The van der Waals surface area contributed by atoms with Crippen LogP contribution in [0.3, 0.4) is 0 Å². The van der Waals surface area contributed by atoms with Crippen molar-refractivity contribution in [2.75, 3.05) is 20.4 Å². The second-order valence-corrected chi connectivity index (χ2v) is 9.64. The van der Waals surface area contributed by atoms with E-state index < -0.39 is 22.7 Å². The van der Waals surface area contributed by atoms with Crippen LogP contribution in [0.1, 0.15) is 59.4 Å². The van der Waals surface area contributed by atoms with E-state index in [1.807, 2.05) is 0 Å². The molecule has 0 bridgehead atoms. The first kappa shape index (κ1) is 29.1. The van der Waals surface area contributed by atoms with E-state index in [-0.39, 0.29) is 23.8 Å². The van der Waals surface area contributed by atoms with E-state index in [2.05, 4.69) is 20.1 Å². The second kappa shape index (κ2) is 14.5. The normalized spacial score (nSPS) is 14.9. The van der Waals surface area contributed by atoms with Gasteiger partial charge < -0.3 is 15.8 Å². The van der Waals surface area contributed by atoms with Gasteiger partial charge in [-0.25, -0.2) is 29.3 Å². The van der Waals surface area contributed by atoms with Gasteiger partial charge in [0.2, 0.25) is 0 Å². The summed E-state index contributed by atoms with van der Waals surface area (Å²) in [6.07, 6.45) is 8.08. The number of amides is 1. The minimum atomic E-state index is -0.813. The molecule has 0 radical (unpaired) electrons. The van der Waals surface area contributed by atoms with Crippen LogP contribution in [-0.2, 0) is 17.5 Å². The Hall–Kier alpha value is -3.09. The first-order chi connectivity index (χ1) is 17.1. The molecule has 1 saturated carbocycles. The molecule has 1 amide bonds. The predicted molar refractivity (Wildman–Crippen MR) is 140 cm³/mol. The van der Waals surface area contributed by atoms with Crippen LogP contribution < -0.4 is 26.4 Å². The maximum atomic E-state index is 13.4. The van der Waals surface area contributed by atoms with Gasteiger partial charge in [-0.2, -0.15) is 0 Å². The number of aromatic nitrogens is 1. The molecule has 12 heteroatoms. The third-order valence-electron chi connectivity index (χ3n) is 5.35. The van der Waals surface area contributed by atoms with Crippen LogP contribution in [0.4, 0.5) is 4.39 Å². The summed E-state index contributed by atoms with van der Waals surface area (Å²) in [4.78, 5) is 16.6. The van der Waals surface area contributed by atoms with E-state index in [1.165, 1.54) is 64.5 Å². The van der Waals surface area contributed by atoms with Gasteiger partial charge in [0.1, 0.15) is 5.69 Å². The summed E-state index contributed by atoms with van der Waals surface area (Å²) in [6.45, 7) is 1.93. The van der Waals surface area contributed by atoms with Gasteiger partial charge in [0.05, 0.1) is 18.1 Å². The largest absolute Gasteiger partial charge is 0.494 e. The fourth-order valence-corrected chi connectivity index (χ4v) is 4.41. The van der Waals surface area contributed by atoms with Crippen molar-refractivity contribution < 1.29 is 18.1 Å². The summed E-state index contributed by atoms with van der Waals surface area (Å²) in [7, 11) is 2.10. The zero-order valence-corrected chi connectivity index (χ0v) is 22.0. The van der Waals surface area contributed by atoms with Crippen LogP contribution in [0.25, 0.3) is 0 Å². The Kier molecular flexibility index (Phi) is 11.7. The Balaban J connectivity index is 0.000000380. The van der Waals surface area contributed by atoms with Crippen molar-refractivity contribution in [2.45, 2.75) is 51.6 Å². The number of carbonyl (C=O) groups excluding carboxylic acids is 1. The number of halogens is 1. The summed E-state index contributed by atoms with van der Waals surface area (Å²) < 4.78 is 32.1. The van der Waals surface area contributed by atoms with Crippen molar-refractivity contribution >= 4 is 22.7 Å². The number of pyridine rings is 1. The number of nitrogens with two attached hydrogens (primary N) is 2. The molecule has 6 N–H and O–H groups in total. The highest BCUT2D eigenvalue weighted by Crippen LogP contribution is 2.18. The molecule has 1 unspecified atom stereocenters. The lowest BCUT2D eigenvalue weighted by Gasteiger charge is -2.20. The Morgan fingerprint density at radius 3 is 2.58 bits per heavy atom. The Labute approximate surface area is 214 Å². The first-order valence-electron chi connectivity index (χ1n) is 11.6. The lowest BCUT2D eigenvalue weighted by atomic mass is 9.96. The fourth-order valence-electron chi connectivity index (χ4n) is 3.70. The van der Waals surface area contributed by atoms with Crippen LogP contribution in [0.5, 0.6) is 5.75 Å². The van der Waals surface area contributed by atoms with Crippen LogP contribution in [-0.4, -0.2) is 52.5 Å².